The molecule has 1 fully saturated rings. The van der Waals surface area contributed by atoms with Crippen molar-refractivity contribution in [1.82, 2.24) is 9.80 Å². The van der Waals surface area contributed by atoms with Gasteiger partial charge in [0.25, 0.3) is 0 Å². The zero-order valence-electron chi connectivity index (χ0n) is 18.3. The predicted octanol–water partition coefficient (Wildman–Crippen LogP) is 3.81. The monoisotopic (exact) mass is 440 g/mol. The number of methoxy groups -OCH3 is 2. The number of benzene rings is 2. The first-order valence-electron chi connectivity index (χ1n) is 10.4. The summed E-state index contributed by atoms with van der Waals surface area (Å²) < 4.78 is 38.9. The second kappa shape index (κ2) is 10.9. The SMILES string of the molecule is [C-]#[N+]c1cc(F)c(CCN2CCN(CCc3cc(OC)c(C#N)cc3F)CC2)cc1OC. The highest BCUT2D eigenvalue weighted by Gasteiger charge is 2.19. The van der Waals surface area contributed by atoms with Gasteiger partial charge in [-0.3, -0.25) is 0 Å². The zero-order valence-corrected chi connectivity index (χ0v) is 18.3. The van der Waals surface area contributed by atoms with E-state index < -0.39 is 0 Å². The van der Waals surface area contributed by atoms with Crippen molar-refractivity contribution in [1.29, 1.82) is 5.26 Å². The van der Waals surface area contributed by atoms with Gasteiger partial charge in [-0.1, -0.05) is 0 Å². The highest BCUT2D eigenvalue weighted by atomic mass is 19.1. The van der Waals surface area contributed by atoms with E-state index in [0.717, 1.165) is 26.2 Å². The van der Waals surface area contributed by atoms with Gasteiger partial charge in [0.15, 0.2) is 0 Å². The lowest BCUT2D eigenvalue weighted by Crippen LogP contribution is -2.47. The topological polar surface area (TPSA) is 53.1 Å². The van der Waals surface area contributed by atoms with Crippen molar-refractivity contribution in [3.63, 3.8) is 0 Å². The molecule has 3 rings (SSSR count). The molecule has 0 N–H and O–H groups in total. The number of rotatable bonds is 8. The second-order valence-electron chi connectivity index (χ2n) is 7.67. The third kappa shape index (κ3) is 5.53. The molecule has 0 saturated carbocycles. The lowest BCUT2D eigenvalue weighted by atomic mass is 10.1. The molecule has 0 unspecified atom stereocenters. The summed E-state index contributed by atoms with van der Waals surface area (Å²) in [5, 5.41) is 9.06. The Kier molecular flexibility index (Phi) is 7.99. The van der Waals surface area contributed by atoms with E-state index in [1.807, 2.05) is 6.07 Å². The van der Waals surface area contributed by atoms with E-state index in [9.17, 15) is 8.78 Å². The van der Waals surface area contributed by atoms with Crippen LogP contribution in [0, 0.1) is 29.5 Å². The van der Waals surface area contributed by atoms with Crippen molar-refractivity contribution in [2.45, 2.75) is 12.8 Å². The molecule has 0 radical (unpaired) electrons. The van der Waals surface area contributed by atoms with Crippen molar-refractivity contribution in [2.24, 2.45) is 0 Å². The maximum Gasteiger partial charge on any atom is 0.230 e. The Morgan fingerprint density at radius 2 is 1.41 bits per heavy atom. The van der Waals surface area contributed by atoms with Crippen LogP contribution in [-0.4, -0.2) is 63.3 Å². The lowest BCUT2D eigenvalue weighted by molar-refractivity contribution is 0.134. The van der Waals surface area contributed by atoms with Gasteiger partial charge in [-0.05, 0) is 48.2 Å². The van der Waals surface area contributed by atoms with Crippen molar-refractivity contribution >= 4 is 5.69 Å². The molecule has 2 aromatic rings. The van der Waals surface area contributed by atoms with E-state index in [-0.39, 0.29) is 22.9 Å². The smallest absolute Gasteiger partial charge is 0.230 e. The molecular weight excluding hydrogens is 414 g/mol. The quantitative estimate of drug-likeness (QED) is 0.585. The number of hydrogen-bond donors (Lipinski definition) is 0. The number of halogens is 2. The van der Waals surface area contributed by atoms with Gasteiger partial charge in [0, 0.05) is 39.3 Å². The highest BCUT2D eigenvalue weighted by Crippen LogP contribution is 2.30. The average Bonchev–Trinajstić information content (AvgIpc) is 2.82. The summed E-state index contributed by atoms with van der Waals surface area (Å²) in [6, 6.07) is 7.61. The Balaban J connectivity index is 1.49. The fraction of sp³-hybridized carbons (Fsp3) is 0.417. The number of piperazine rings is 1. The van der Waals surface area contributed by atoms with Crippen LogP contribution in [0.25, 0.3) is 4.85 Å². The van der Waals surface area contributed by atoms with Crippen LogP contribution in [0.3, 0.4) is 0 Å². The van der Waals surface area contributed by atoms with Crippen LogP contribution < -0.4 is 9.47 Å². The van der Waals surface area contributed by atoms with Crippen molar-refractivity contribution < 1.29 is 18.3 Å². The molecule has 0 aliphatic carbocycles. The van der Waals surface area contributed by atoms with Crippen LogP contribution >= 0.6 is 0 Å². The molecule has 0 aromatic heterocycles. The first kappa shape index (κ1) is 23.5. The fourth-order valence-electron chi connectivity index (χ4n) is 3.86. The van der Waals surface area contributed by atoms with Gasteiger partial charge in [-0.15, -0.1) is 0 Å². The van der Waals surface area contributed by atoms with Crippen LogP contribution in [0.4, 0.5) is 14.5 Å². The van der Waals surface area contributed by atoms with Crippen molar-refractivity contribution in [3.8, 4) is 17.6 Å². The summed E-state index contributed by atoms with van der Waals surface area (Å²) in [6.45, 7) is 11.9. The van der Waals surface area contributed by atoms with Crippen LogP contribution in [-0.2, 0) is 12.8 Å². The van der Waals surface area contributed by atoms with E-state index in [1.165, 1.54) is 26.4 Å². The predicted molar refractivity (Wildman–Crippen MR) is 117 cm³/mol. The molecule has 168 valence electrons. The van der Waals surface area contributed by atoms with Crippen molar-refractivity contribution in [2.75, 3.05) is 53.5 Å². The van der Waals surface area contributed by atoms with Gasteiger partial charge in [0.2, 0.25) is 5.69 Å². The molecule has 0 amide bonds. The van der Waals surface area contributed by atoms with Gasteiger partial charge < -0.3 is 19.3 Å². The minimum atomic E-state index is -0.386. The van der Waals surface area contributed by atoms with Gasteiger partial charge in [-0.2, -0.15) is 5.26 Å². The Hall–Kier alpha value is -3.20. The lowest BCUT2D eigenvalue weighted by Gasteiger charge is -2.34. The average molecular weight is 440 g/mol. The molecule has 1 saturated heterocycles. The highest BCUT2D eigenvalue weighted by molar-refractivity contribution is 5.59. The van der Waals surface area contributed by atoms with Crippen LogP contribution in [0.1, 0.15) is 16.7 Å². The number of ether oxygens (including phenoxy) is 2. The van der Waals surface area contributed by atoms with Gasteiger partial charge in [0.05, 0.1) is 26.4 Å². The van der Waals surface area contributed by atoms with Crippen LogP contribution in [0.5, 0.6) is 11.5 Å². The molecule has 0 spiro atoms. The van der Waals surface area contributed by atoms with Gasteiger partial charge in [0.1, 0.15) is 29.2 Å². The first-order valence-corrected chi connectivity index (χ1v) is 10.4. The van der Waals surface area contributed by atoms with E-state index in [0.29, 0.717) is 48.6 Å². The molecule has 32 heavy (non-hydrogen) atoms. The summed E-state index contributed by atoms with van der Waals surface area (Å²) >= 11 is 0. The molecular formula is C24H26F2N4O2. The minimum absolute atomic E-state index is 0.179. The maximum atomic E-state index is 14.3. The summed E-state index contributed by atoms with van der Waals surface area (Å²) in [6.07, 6.45) is 1.07. The molecule has 0 bridgehead atoms. The number of nitriles is 1. The summed E-state index contributed by atoms with van der Waals surface area (Å²) in [4.78, 5) is 7.84. The van der Waals surface area contributed by atoms with Crippen LogP contribution in [0.2, 0.25) is 0 Å². The third-order valence-corrected chi connectivity index (χ3v) is 5.82. The summed E-state index contributed by atoms with van der Waals surface area (Å²) in [5.41, 5.74) is 1.45. The molecule has 1 aliphatic heterocycles. The van der Waals surface area contributed by atoms with E-state index in [4.69, 9.17) is 21.3 Å². The molecule has 2 aromatic carbocycles. The van der Waals surface area contributed by atoms with Gasteiger partial charge in [-0.25, -0.2) is 13.6 Å². The Morgan fingerprint density at radius 1 is 0.906 bits per heavy atom. The maximum absolute atomic E-state index is 14.3. The normalized spacial score (nSPS) is 14.6. The molecule has 1 heterocycles. The Bertz CT molecular complexity index is 954. The van der Waals surface area contributed by atoms with E-state index in [1.54, 1.807) is 12.1 Å². The first-order chi connectivity index (χ1) is 15.5. The number of nitrogens with zero attached hydrogens (tertiary/aromatic N) is 4. The third-order valence-electron chi connectivity index (χ3n) is 5.82. The van der Waals surface area contributed by atoms with Gasteiger partial charge >= 0.3 is 0 Å². The van der Waals surface area contributed by atoms with Crippen LogP contribution in [0.15, 0.2) is 24.3 Å². The van der Waals surface area contributed by atoms with Crippen molar-refractivity contribution in [3.05, 3.63) is 64.0 Å². The largest absolute Gasteiger partial charge is 0.508 e. The van der Waals surface area contributed by atoms with E-state index in [2.05, 4.69) is 14.6 Å². The minimum Gasteiger partial charge on any atom is -0.508 e. The summed E-state index contributed by atoms with van der Waals surface area (Å²) in [7, 11) is 2.95. The standard InChI is InChI=1S/C24H26F2N4O2/c1-28-22-15-21(26)18(14-24(22)32-3)5-7-30-10-8-29(9-11-30)6-4-17-13-23(31-2)19(16-27)12-20(17)25/h12-15H,4-11H2,2-3H3. The zero-order chi connectivity index (χ0) is 23.1. The molecule has 0 atom stereocenters. The summed E-state index contributed by atoms with van der Waals surface area (Å²) in [5.74, 6) is 0.0212. The van der Waals surface area contributed by atoms with E-state index >= 15 is 0 Å². The molecule has 6 nitrogen and oxygen atoms in total. The molecule has 1 aliphatic rings. The Labute approximate surface area is 187 Å². The second-order valence-corrected chi connectivity index (χ2v) is 7.67. The Morgan fingerprint density at radius 3 is 1.88 bits per heavy atom. The number of hydrogen-bond acceptors (Lipinski definition) is 5. The molecule has 8 heteroatoms. The fourth-order valence-corrected chi connectivity index (χ4v) is 3.86.